The van der Waals surface area contributed by atoms with Crippen LogP contribution in [0.3, 0.4) is 0 Å². The van der Waals surface area contributed by atoms with Gasteiger partial charge in [-0.15, -0.1) is 0 Å². The van der Waals surface area contributed by atoms with E-state index in [1.165, 1.54) is 18.5 Å². The number of nitrogens with zero attached hydrogens (tertiary/aromatic N) is 2. The van der Waals surface area contributed by atoms with Gasteiger partial charge in [0.05, 0.1) is 6.20 Å². The van der Waals surface area contributed by atoms with Crippen LogP contribution < -0.4 is 0 Å². The second-order valence-corrected chi connectivity index (χ2v) is 3.64. The number of rotatable bonds is 1. The smallest absolute Gasteiger partial charge is 0.191 e. The molecular formula is C9H6BrFN2O. The summed E-state index contributed by atoms with van der Waals surface area (Å²) in [6.07, 6.45) is 2.96. The van der Waals surface area contributed by atoms with Crippen LogP contribution in [0.2, 0.25) is 0 Å². The summed E-state index contributed by atoms with van der Waals surface area (Å²) < 4.78 is 19.1. The van der Waals surface area contributed by atoms with Crippen LogP contribution in [0.5, 0.6) is 0 Å². The van der Waals surface area contributed by atoms with Gasteiger partial charge in [0.25, 0.3) is 0 Å². The van der Waals surface area contributed by atoms with Gasteiger partial charge in [-0.25, -0.2) is 14.4 Å². The average molecular weight is 257 g/mol. The average Bonchev–Trinajstić information content (AvgIpc) is 2.51. The fourth-order valence-corrected chi connectivity index (χ4v) is 1.37. The van der Waals surface area contributed by atoms with Crippen molar-refractivity contribution in [2.75, 3.05) is 0 Å². The third-order valence-corrected chi connectivity index (χ3v) is 2.10. The molecule has 0 atom stereocenters. The van der Waals surface area contributed by atoms with E-state index in [1.807, 2.05) is 0 Å². The Morgan fingerprint density at radius 1 is 1.36 bits per heavy atom. The molecule has 0 amide bonds. The van der Waals surface area contributed by atoms with Crippen LogP contribution in [0.4, 0.5) is 4.39 Å². The van der Waals surface area contributed by atoms with Crippen LogP contribution in [0.15, 0.2) is 27.3 Å². The highest BCUT2D eigenvalue weighted by Crippen LogP contribution is 2.23. The molecule has 2 aromatic rings. The Bertz CT molecular complexity index is 470. The fourth-order valence-electron chi connectivity index (χ4n) is 1.07. The molecule has 0 aliphatic carbocycles. The number of oxazole rings is 1. The van der Waals surface area contributed by atoms with Crippen molar-refractivity contribution in [2.45, 2.75) is 6.92 Å². The number of hydrogen-bond acceptors (Lipinski definition) is 3. The van der Waals surface area contributed by atoms with Gasteiger partial charge in [-0.3, -0.25) is 0 Å². The first kappa shape index (κ1) is 9.33. The molecule has 0 saturated carbocycles. The van der Waals surface area contributed by atoms with Crippen LogP contribution in [0.25, 0.3) is 11.5 Å². The Hall–Kier alpha value is -1.23. The van der Waals surface area contributed by atoms with Crippen molar-refractivity contribution >= 4 is 15.9 Å². The maximum Gasteiger partial charge on any atom is 0.191 e. The minimum atomic E-state index is -0.435. The second-order valence-electron chi connectivity index (χ2n) is 2.73. The van der Waals surface area contributed by atoms with E-state index in [2.05, 4.69) is 25.9 Å². The summed E-state index contributed by atoms with van der Waals surface area (Å²) in [6, 6.07) is 1.33. The van der Waals surface area contributed by atoms with Crippen molar-refractivity contribution in [3.05, 3.63) is 34.6 Å². The summed E-state index contributed by atoms with van der Waals surface area (Å²) in [7, 11) is 0. The molecule has 72 valence electrons. The van der Waals surface area contributed by atoms with Crippen molar-refractivity contribution in [1.29, 1.82) is 0 Å². The summed E-state index contributed by atoms with van der Waals surface area (Å²) in [4.78, 5) is 7.78. The van der Waals surface area contributed by atoms with Crippen LogP contribution in [0.1, 0.15) is 5.89 Å². The first-order valence-corrected chi connectivity index (χ1v) is 4.70. The molecule has 0 bridgehead atoms. The van der Waals surface area contributed by atoms with E-state index < -0.39 is 5.82 Å². The highest BCUT2D eigenvalue weighted by atomic mass is 79.9. The molecule has 0 fully saturated rings. The van der Waals surface area contributed by atoms with Crippen LogP contribution >= 0.6 is 15.9 Å². The molecule has 2 aromatic heterocycles. The number of halogens is 2. The zero-order valence-corrected chi connectivity index (χ0v) is 8.88. The SMILES string of the molecule is Cc1ncc(-c2ncc(Br)cc2F)o1. The summed E-state index contributed by atoms with van der Waals surface area (Å²) in [5, 5.41) is 0. The Kier molecular flexibility index (Phi) is 2.33. The van der Waals surface area contributed by atoms with Crippen molar-refractivity contribution in [3.63, 3.8) is 0 Å². The van der Waals surface area contributed by atoms with E-state index in [0.29, 0.717) is 16.1 Å². The van der Waals surface area contributed by atoms with Crippen molar-refractivity contribution in [2.24, 2.45) is 0 Å². The molecule has 5 heteroatoms. The molecule has 2 heterocycles. The van der Waals surface area contributed by atoms with Crippen LogP contribution in [-0.2, 0) is 0 Å². The number of aromatic nitrogens is 2. The third-order valence-electron chi connectivity index (χ3n) is 1.66. The van der Waals surface area contributed by atoms with E-state index >= 15 is 0 Å². The summed E-state index contributed by atoms with van der Waals surface area (Å²) in [5.41, 5.74) is 0.175. The number of pyridine rings is 1. The monoisotopic (exact) mass is 256 g/mol. The Morgan fingerprint density at radius 3 is 2.71 bits per heavy atom. The minimum absolute atomic E-state index is 0.175. The van der Waals surface area contributed by atoms with Gasteiger partial charge in [0.15, 0.2) is 17.5 Å². The quantitative estimate of drug-likeness (QED) is 0.788. The largest absolute Gasteiger partial charge is 0.439 e. The molecule has 0 radical (unpaired) electrons. The van der Waals surface area contributed by atoms with E-state index in [4.69, 9.17) is 4.42 Å². The lowest BCUT2D eigenvalue weighted by Gasteiger charge is -1.97. The Labute approximate surface area is 88.1 Å². The number of aryl methyl sites for hydroxylation is 1. The zero-order valence-electron chi connectivity index (χ0n) is 7.29. The maximum atomic E-state index is 13.4. The predicted molar refractivity (Wildman–Crippen MR) is 52.1 cm³/mol. The van der Waals surface area contributed by atoms with Gasteiger partial charge in [0.1, 0.15) is 5.69 Å². The predicted octanol–water partition coefficient (Wildman–Crippen LogP) is 2.95. The fraction of sp³-hybridized carbons (Fsp3) is 0.111. The normalized spacial score (nSPS) is 10.5. The molecule has 0 aliphatic heterocycles. The van der Waals surface area contributed by atoms with Crippen LogP contribution in [0, 0.1) is 12.7 Å². The molecule has 3 nitrogen and oxygen atoms in total. The standard InChI is InChI=1S/C9H6BrFN2O/c1-5-12-4-8(14-5)9-7(11)2-6(10)3-13-9/h2-4H,1H3. The van der Waals surface area contributed by atoms with Gasteiger partial charge < -0.3 is 4.42 Å². The first-order valence-electron chi connectivity index (χ1n) is 3.90. The molecule has 0 spiro atoms. The molecule has 0 saturated heterocycles. The van der Waals surface area contributed by atoms with Gasteiger partial charge in [-0.05, 0) is 22.0 Å². The van der Waals surface area contributed by atoms with Gasteiger partial charge in [0, 0.05) is 17.6 Å². The summed E-state index contributed by atoms with van der Waals surface area (Å²) in [6.45, 7) is 1.69. The Balaban J connectivity index is 2.52. The van der Waals surface area contributed by atoms with Gasteiger partial charge in [-0.2, -0.15) is 0 Å². The lowest BCUT2D eigenvalue weighted by molar-refractivity contribution is 0.525. The van der Waals surface area contributed by atoms with Gasteiger partial charge in [-0.1, -0.05) is 0 Å². The third kappa shape index (κ3) is 1.68. The van der Waals surface area contributed by atoms with Gasteiger partial charge >= 0.3 is 0 Å². The maximum absolute atomic E-state index is 13.4. The zero-order chi connectivity index (χ0) is 10.1. The summed E-state index contributed by atoms with van der Waals surface area (Å²) >= 11 is 3.13. The van der Waals surface area contributed by atoms with Crippen molar-refractivity contribution < 1.29 is 8.81 Å². The first-order chi connectivity index (χ1) is 6.66. The van der Waals surface area contributed by atoms with E-state index in [0.717, 1.165) is 0 Å². The molecule has 0 aliphatic rings. The molecule has 0 aromatic carbocycles. The lowest BCUT2D eigenvalue weighted by atomic mass is 10.3. The van der Waals surface area contributed by atoms with Crippen molar-refractivity contribution in [3.8, 4) is 11.5 Å². The van der Waals surface area contributed by atoms with Crippen LogP contribution in [-0.4, -0.2) is 9.97 Å². The minimum Gasteiger partial charge on any atom is -0.439 e. The molecule has 0 unspecified atom stereocenters. The lowest BCUT2D eigenvalue weighted by Crippen LogP contribution is -1.87. The molecule has 0 N–H and O–H groups in total. The summed E-state index contributed by atoms with van der Waals surface area (Å²) in [5.74, 6) is 0.396. The highest BCUT2D eigenvalue weighted by Gasteiger charge is 2.11. The van der Waals surface area contributed by atoms with E-state index in [-0.39, 0.29) is 5.69 Å². The Morgan fingerprint density at radius 2 is 2.14 bits per heavy atom. The van der Waals surface area contributed by atoms with Gasteiger partial charge in [0.2, 0.25) is 0 Å². The van der Waals surface area contributed by atoms with E-state index in [9.17, 15) is 4.39 Å². The molecule has 14 heavy (non-hydrogen) atoms. The highest BCUT2D eigenvalue weighted by molar-refractivity contribution is 9.10. The second kappa shape index (κ2) is 3.49. The molecule has 2 rings (SSSR count). The van der Waals surface area contributed by atoms with E-state index in [1.54, 1.807) is 6.92 Å². The topological polar surface area (TPSA) is 38.9 Å². The molecular weight excluding hydrogens is 251 g/mol. The van der Waals surface area contributed by atoms with Crippen molar-refractivity contribution in [1.82, 2.24) is 9.97 Å². The number of hydrogen-bond donors (Lipinski definition) is 0.